The van der Waals surface area contributed by atoms with Gasteiger partial charge in [-0.1, -0.05) is 18.2 Å². The third kappa shape index (κ3) is 1.57. The van der Waals surface area contributed by atoms with Crippen LogP contribution in [0.15, 0.2) is 30.5 Å². The second-order valence-electron chi connectivity index (χ2n) is 5.98. The first kappa shape index (κ1) is 11.0. The molecule has 3 nitrogen and oxygen atoms in total. The molecule has 2 heterocycles. The number of hydrogen-bond acceptors (Lipinski definition) is 2. The summed E-state index contributed by atoms with van der Waals surface area (Å²) in [5, 5.41) is 1.08. The van der Waals surface area contributed by atoms with Gasteiger partial charge in [-0.05, 0) is 31.4 Å². The molecule has 96 valence electrons. The average Bonchev–Trinajstić information content (AvgIpc) is 3.17. The van der Waals surface area contributed by atoms with Crippen LogP contribution in [0.4, 0.5) is 0 Å². The molecule has 3 heteroatoms. The van der Waals surface area contributed by atoms with Crippen molar-refractivity contribution in [2.75, 3.05) is 13.1 Å². The molecule has 1 aliphatic carbocycles. The quantitative estimate of drug-likeness (QED) is 0.782. The van der Waals surface area contributed by atoms with Gasteiger partial charge in [0, 0.05) is 30.1 Å². The van der Waals surface area contributed by atoms with Crippen LogP contribution < -0.4 is 0 Å². The maximum Gasteiger partial charge on any atom is 0.255 e. The van der Waals surface area contributed by atoms with E-state index in [1.54, 1.807) is 6.20 Å². The van der Waals surface area contributed by atoms with Crippen molar-refractivity contribution in [2.45, 2.75) is 19.8 Å². The van der Waals surface area contributed by atoms with E-state index < -0.39 is 0 Å². The van der Waals surface area contributed by atoms with E-state index in [4.69, 9.17) is 0 Å². The molecule has 1 amide bonds. The SMILES string of the molecule is Cc1c(C(=O)N2CC3(CC3)C2)cnc2ccccc12. The van der Waals surface area contributed by atoms with Crippen molar-refractivity contribution in [3.05, 3.63) is 41.6 Å². The van der Waals surface area contributed by atoms with Gasteiger partial charge < -0.3 is 4.90 Å². The van der Waals surface area contributed by atoms with Gasteiger partial charge in [0.1, 0.15) is 0 Å². The van der Waals surface area contributed by atoms with E-state index in [1.807, 2.05) is 36.1 Å². The van der Waals surface area contributed by atoms with Crippen LogP contribution in [0.3, 0.4) is 0 Å². The van der Waals surface area contributed by atoms with E-state index in [-0.39, 0.29) is 5.91 Å². The van der Waals surface area contributed by atoms with Crippen molar-refractivity contribution in [3.63, 3.8) is 0 Å². The average molecular weight is 252 g/mol. The Bertz CT molecular complexity index is 680. The van der Waals surface area contributed by atoms with E-state index in [2.05, 4.69) is 4.98 Å². The summed E-state index contributed by atoms with van der Waals surface area (Å²) < 4.78 is 0. The standard InChI is InChI=1S/C16H16N2O/c1-11-12-4-2-3-5-14(12)17-8-13(11)15(19)18-9-16(10-18)6-7-16/h2-5,8H,6-7,9-10H2,1H3. The largest absolute Gasteiger partial charge is 0.337 e. The number of amides is 1. The molecule has 2 aliphatic rings. The summed E-state index contributed by atoms with van der Waals surface area (Å²) in [6.07, 6.45) is 4.33. The van der Waals surface area contributed by atoms with Gasteiger partial charge in [0.25, 0.3) is 5.91 Å². The fourth-order valence-electron chi connectivity index (χ4n) is 3.07. The molecule has 2 aromatic rings. The van der Waals surface area contributed by atoms with Crippen molar-refractivity contribution < 1.29 is 4.79 Å². The molecule has 1 saturated heterocycles. The molecule has 1 aromatic heterocycles. The Morgan fingerprint density at radius 1 is 1.26 bits per heavy atom. The highest BCUT2D eigenvalue weighted by Gasteiger charge is 2.53. The summed E-state index contributed by atoms with van der Waals surface area (Å²) in [6.45, 7) is 3.90. The van der Waals surface area contributed by atoms with Gasteiger partial charge in [0.2, 0.25) is 0 Å². The van der Waals surface area contributed by atoms with E-state index in [0.29, 0.717) is 5.41 Å². The van der Waals surface area contributed by atoms with Crippen molar-refractivity contribution in [2.24, 2.45) is 5.41 Å². The van der Waals surface area contributed by atoms with Gasteiger partial charge >= 0.3 is 0 Å². The number of pyridine rings is 1. The zero-order valence-corrected chi connectivity index (χ0v) is 11.0. The first-order valence-electron chi connectivity index (χ1n) is 6.82. The predicted octanol–water partition coefficient (Wildman–Crippen LogP) is 2.78. The first-order chi connectivity index (χ1) is 9.19. The summed E-state index contributed by atoms with van der Waals surface area (Å²) in [6, 6.07) is 7.99. The lowest BCUT2D eigenvalue weighted by molar-refractivity contribution is 0.0442. The monoisotopic (exact) mass is 252 g/mol. The minimum atomic E-state index is 0.147. The number of aryl methyl sites for hydroxylation is 1. The number of aromatic nitrogens is 1. The van der Waals surface area contributed by atoms with Gasteiger partial charge in [0.15, 0.2) is 0 Å². The summed E-state index contributed by atoms with van der Waals surface area (Å²) in [4.78, 5) is 18.9. The van der Waals surface area contributed by atoms with Crippen LogP contribution in [0.5, 0.6) is 0 Å². The van der Waals surface area contributed by atoms with Gasteiger partial charge in [0.05, 0.1) is 11.1 Å². The molecule has 0 unspecified atom stereocenters. The van der Waals surface area contributed by atoms with Crippen LogP contribution in [0.25, 0.3) is 10.9 Å². The Kier molecular flexibility index (Phi) is 2.06. The van der Waals surface area contributed by atoms with Crippen LogP contribution in [-0.4, -0.2) is 28.9 Å². The zero-order valence-electron chi connectivity index (χ0n) is 11.0. The van der Waals surface area contributed by atoms with Crippen molar-refractivity contribution in [1.29, 1.82) is 0 Å². The fraction of sp³-hybridized carbons (Fsp3) is 0.375. The number of para-hydroxylation sites is 1. The fourth-order valence-corrected chi connectivity index (χ4v) is 3.07. The second-order valence-corrected chi connectivity index (χ2v) is 5.98. The van der Waals surface area contributed by atoms with Crippen LogP contribution in [0.1, 0.15) is 28.8 Å². The van der Waals surface area contributed by atoms with Gasteiger partial charge in [-0.3, -0.25) is 9.78 Å². The van der Waals surface area contributed by atoms with E-state index >= 15 is 0 Å². The smallest absolute Gasteiger partial charge is 0.255 e. The van der Waals surface area contributed by atoms with E-state index in [1.165, 1.54) is 12.8 Å². The number of rotatable bonds is 1. The number of nitrogens with zero attached hydrogens (tertiary/aromatic N) is 2. The molecule has 1 aromatic carbocycles. The Labute approximate surface area is 112 Å². The maximum absolute atomic E-state index is 12.5. The molecule has 19 heavy (non-hydrogen) atoms. The van der Waals surface area contributed by atoms with Gasteiger partial charge in [-0.25, -0.2) is 0 Å². The Morgan fingerprint density at radius 2 is 2.00 bits per heavy atom. The highest BCUT2D eigenvalue weighted by molar-refractivity contribution is 6.00. The topological polar surface area (TPSA) is 33.2 Å². The normalized spacial score (nSPS) is 19.5. The molecule has 2 fully saturated rings. The van der Waals surface area contributed by atoms with Crippen molar-refractivity contribution in [3.8, 4) is 0 Å². The Balaban J connectivity index is 1.70. The maximum atomic E-state index is 12.5. The molecule has 0 N–H and O–H groups in total. The lowest BCUT2D eigenvalue weighted by Crippen LogP contribution is -2.51. The molecule has 1 spiro atoms. The number of benzene rings is 1. The Morgan fingerprint density at radius 3 is 2.74 bits per heavy atom. The van der Waals surface area contributed by atoms with E-state index in [9.17, 15) is 4.79 Å². The molecule has 1 saturated carbocycles. The molecular formula is C16H16N2O. The molecule has 4 rings (SSSR count). The van der Waals surface area contributed by atoms with Crippen molar-refractivity contribution >= 4 is 16.8 Å². The van der Waals surface area contributed by atoms with Crippen LogP contribution >= 0.6 is 0 Å². The van der Waals surface area contributed by atoms with E-state index in [0.717, 1.165) is 35.1 Å². The summed E-state index contributed by atoms with van der Waals surface area (Å²) in [7, 11) is 0. The predicted molar refractivity (Wildman–Crippen MR) is 74.1 cm³/mol. The Hall–Kier alpha value is -1.90. The molecular weight excluding hydrogens is 236 g/mol. The molecule has 0 atom stereocenters. The lowest BCUT2D eigenvalue weighted by atomic mass is 9.95. The van der Waals surface area contributed by atoms with Gasteiger partial charge in [-0.2, -0.15) is 0 Å². The second kappa shape index (κ2) is 3.56. The van der Waals surface area contributed by atoms with Crippen LogP contribution in [-0.2, 0) is 0 Å². The molecule has 0 bridgehead atoms. The third-order valence-electron chi connectivity index (χ3n) is 4.57. The van der Waals surface area contributed by atoms with Crippen molar-refractivity contribution in [1.82, 2.24) is 9.88 Å². The summed E-state index contributed by atoms with van der Waals surface area (Å²) >= 11 is 0. The number of likely N-dealkylation sites (tertiary alicyclic amines) is 1. The van der Waals surface area contributed by atoms with Gasteiger partial charge in [-0.15, -0.1) is 0 Å². The highest BCUT2D eigenvalue weighted by atomic mass is 16.2. The lowest BCUT2D eigenvalue weighted by Gasteiger charge is -2.40. The van der Waals surface area contributed by atoms with Crippen LogP contribution in [0.2, 0.25) is 0 Å². The third-order valence-corrected chi connectivity index (χ3v) is 4.57. The first-order valence-corrected chi connectivity index (χ1v) is 6.82. The zero-order chi connectivity index (χ0) is 13.0. The number of hydrogen-bond donors (Lipinski definition) is 0. The number of carbonyl (C=O) groups excluding carboxylic acids is 1. The molecule has 0 radical (unpaired) electrons. The minimum absolute atomic E-state index is 0.147. The number of fused-ring (bicyclic) bond motifs is 1. The summed E-state index contributed by atoms with van der Waals surface area (Å²) in [5.41, 5.74) is 3.27. The minimum Gasteiger partial charge on any atom is -0.337 e. The van der Waals surface area contributed by atoms with Crippen LogP contribution in [0, 0.1) is 12.3 Å². The highest BCUT2D eigenvalue weighted by Crippen LogP contribution is 2.53. The molecule has 1 aliphatic heterocycles. The summed E-state index contributed by atoms with van der Waals surface area (Å²) in [5.74, 6) is 0.147. The number of carbonyl (C=O) groups is 1.